The number of aromatic nitrogens is 1. The van der Waals surface area contributed by atoms with Crippen molar-refractivity contribution in [2.45, 2.75) is 123 Å². The number of likely N-dealkylation sites (N-methyl/N-ethyl adjacent to an activating group) is 2. The van der Waals surface area contributed by atoms with Crippen molar-refractivity contribution in [2.24, 2.45) is 29.4 Å². The number of carbonyl (C=O) groups is 4. The van der Waals surface area contributed by atoms with Gasteiger partial charge in [-0.1, -0.05) is 85.2 Å². The second-order valence-electron chi connectivity index (χ2n) is 16.4. The predicted molar refractivity (Wildman–Crippen MR) is 226 cm³/mol. The van der Waals surface area contributed by atoms with Gasteiger partial charge in [0.15, 0.2) is 0 Å². The maximum absolute atomic E-state index is 14.4. The first-order valence-electron chi connectivity index (χ1n) is 20.7. The fourth-order valence-corrected chi connectivity index (χ4v) is 9.08. The van der Waals surface area contributed by atoms with E-state index in [4.69, 9.17) is 15.2 Å². The molecule has 0 saturated carbocycles. The summed E-state index contributed by atoms with van der Waals surface area (Å²) in [6, 6.07) is 7.70. The second-order valence-corrected chi connectivity index (χ2v) is 17.3. The smallest absolute Gasteiger partial charge is 0.245 e. The molecule has 1 aliphatic rings. The van der Waals surface area contributed by atoms with Crippen molar-refractivity contribution in [3.63, 3.8) is 0 Å². The Hall–Kier alpha value is -3.43. The van der Waals surface area contributed by atoms with E-state index in [1.54, 1.807) is 32.4 Å². The van der Waals surface area contributed by atoms with Gasteiger partial charge in [-0.3, -0.25) is 24.1 Å². The number of methoxy groups -OCH3 is 2. The van der Waals surface area contributed by atoms with Crippen LogP contribution in [0.25, 0.3) is 0 Å². The van der Waals surface area contributed by atoms with Crippen LogP contribution in [0.2, 0.25) is 0 Å². The van der Waals surface area contributed by atoms with E-state index < -0.39 is 36.3 Å². The van der Waals surface area contributed by atoms with Gasteiger partial charge in [-0.15, -0.1) is 11.3 Å². The number of nitrogens with two attached hydrogens (primary N) is 1. The van der Waals surface area contributed by atoms with Crippen molar-refractivity contribution in [1.29, 1.82) is 0 Å². The molecule has 0 unspecified atom stereocenters. The Morgan fingerprint density at radius 2 is 1.67 bits per heavy atom. The van der Waals surface area contributed by atoms with Gasteiger partial charge in [-0.2, -0.15) is 0 Å². The Balaban J connectivity index is 1.79. The summed E-state index contributed by atoms with van der Waals surface area (Å²) in [5, 5.41) is 9.04. The van der Waals surface area contributed by atoms with E-state index in [2.05, 4.69) is 29.5 Å². The number of hydrogen-bond acceptors (Lipinski definition) is 10. The van der Waals surface area contributed by atoms with Gasteiger partial charge < -0.3 is 35.6 Å². The van der Waals surface area contributed by atoms with Crippen LogP contribution < -0.4 is 16.4 Å². The van der Waals surface area contributed by atoms with Crippen LogP contribution in [0.3, 0.4) is 0 Å². The molecule has 320 valence electrons. The molecule has 0 spiro atoms. The van der Waals surface area contributed by atoms with Crippen LogP contribution in [-0.2, 0) is 35.1 Å². The molecule has 0 radical (unpaired) electrons. The van der Waals surface area contributed by atoms with Crippen LogP contribution in [0, 0.1) is 23.7 Å². The Morgan fingerprint density at radius 1 is 0.982 bits per heavy atom. The van der Waals surface area contributed by atoms with Gasteiger partial charge in [0.05, 0.1) is 48.7 Å². The van der Waals surface area contributed by atoms with Gasteiger partial charge in [-0.05, 0) is 49.6 Å². The zero-order valence-electron chi connectivity index (χ0n) is 36.3. The summed E-state index contributed by atoms with van der Waals surface area (Å²) in [6.45, 7) is 15.3. The highest BCUT2D eigenvalue weighted by molar-refractivity contribution is 7.09. The van der Waals surface area contributed by atoms with E-state index >= 15 is 0 Å². The van der Waals surface area contributed by atoms with Gasteiger partial charge >= 0.3 is 0 Å². The molecule has 4 amide bonds. The fourth-order valence-electron chi connectivity index (χ4n) is 8.39. The number of hydrogen-bond donors (Lipinski definition) is 3. The van der Waals surface area contributed by atoms with Crippen molar-refractivity contribution in [2.75, 3.05) is 47.9 Å². The highest BCUT2D eigenvalue weighted by Crippen LogP contribution is 2.30. The number of likely N-dealkylation sites (tertiary alicyclic amines) is 1. The lowest BCUT2D eigenvalue weighted by Crippen LogP contribution is -2.60. The zero-order chi connectivity index (χ0) is 42.4. The topological polar surface area (TPSA) is 159 Å². The lowest BCUT2D eigenvalue weighted by Gasteiger charge is -2.41. The quantitative estimate of drug-likeness (QED) is 0.147. The lowest BCUT2D eigenvalue weighted by atomic mass is 9.89. The predicted octanol–water partition coefficient (Wildman–Crippen LogP) is 4.52. The molecule has 0 aliphatic carbocycles. The SMILES string of the molecule is CC[C@H](C)[C@@H]([C@H](CC(=O)N1CCC[C@H]1[C@H](OC)[C@@H](C)C(=O)N[C@@H](Cc1ccccc1)c1nccs1)OC)N(C)C(=O)[C@@H](NC(=O)[C@H](C(C)C)N(C)CCN)C(C)C. The number of amides is 4. The highest BCUT2D eigenvalue weighted by atomic mass is 32.1. The third-order valence-corrected chi connectivity index (χ3v) is 12.6. The van der Waals surface area contributed by atoms with E-state index in [0.29, 0.717) is 32.5 Å². The number of nitrogens with one attached hydrogen (secondary N) is 2. The molecule has 1 aliphatic heterocycles. The normalized spacial score (nSPS) is 18.8. The summed E-state index contributed by atoms with van der Waals surface area (Å²) in [4.78, 5) is 66.3. The van der Waals surface area contributed by atoms with Gasteiger partial charge in [-0.25, -0.2) is 4.98 Å². The minimum atomic E-state index is -0.782. The van der Waals surface area contributed by atoms with E-state index in [1.165, 1.54) is 11.3 Å². The molecule has 14 heteroatoms. The molecule has 57 heavy (non-hydrogen) atoms. The highest BCUT2D eigenvalue weighted by Gasteiger charge is 2.43. The van der Waals surface area contributed by atoms with Gasteiger partial charge in [0, 0.05) is 52.5 Å². The van der Waals surface area contributed by atoms with Crippen molar-refractivity contribution in [1.82, 2.24) is 30.3 Å². The first-order valence-corrected chi connectivity index (χ1v) is 21.5. The summed E-state index contributed by atoms with van der Waals surface area (Å²) in [6.07, 6.45) is 3.43. The van der Waals surface area contributed by atoms with Crippen LogP contribution in [0.1, 0.15) is 90.8 Å². The number of thiazole rings is 1. The maximum atomic E-state index is 14.4. The van der Waals surface area contributed by atoms with Crippen molar-refractivity contribution >= 4 is 35.0 Å². The average Bonchev–Trinajstić information content (AvgIpc) is 3.90. The molecule has 2 heterocycles. The molecule has 1 aromatic heterocycles. The van der Waals surface area contributed by atoms with Crippen LogP contribution in [-0.4, -0.2) is 128 Å². The lowest BCUT2D eigenvalue weighted by molar-refractivity contribution is -0.148. The second kappa shape index (κ2) is 23.2. The summed E-state index contributed by atoms with van der Waals surface area (Å²) < 4.78 is 12.1. The molecule has 3 rings (SSSR count). The molecule has 1 fully saturated rings. The summed E-state index contributed by atoms with van der Waals surface area (Å²) in [5.41, 5.74) is 6.90. The maximum Gasteiger partial charge on any atom is 0.245 e. The van der Waals surface area contributed by atoms with E-state index in [0.717, 1.165) is 23.4 Å². The molecular weight excluding hydrogens is 743 g/mol. The van der Waals surface area contributed by atoms with Crippen LogP contribution in [0.15, 0.2) is 41.9 Å². The molecular formula is C43H71N7O6S. The number of carbonyl (C=O) groups excluding carboxylic acids is 4. The van der Waals surface area contributed by atoms with Gasteiger partial charge in [0.1, 0.15) is 11.0 Å². The third kappa shape index (κ3) is 12.8. The molecule has 13 nitrogen and oxygen atoms in total. The van der Waals surface area contributed by atoms with E-state index in [-0.39, 0.29) is 59.9 Å². The van der Waals surface area contributed by atoms with Crippen molar-refractivity contribution in [3.05, 3.63) is 52.5 Å². The van der Waals surface area contributed by atoms with E-state index in [9.17, 15) is 19.2 Å². The van der Waals surface area contributed by atoms with Crippen LogP contribution >= 0.6 is 11.3 Å². The standard InChI is InChI=1S/C43H71N7O6S/c1-12-29(6)38(49(9)43(54)36(27(2)3)47-41(53)37(28(4)5)48(8)23-20-44)34(55-10)26-35(51)50-22-16-19-33(50)39(56-11)30(7)40(52)46-32(42-45-21-24-57-42)25-31-17-14-13-15-18-31/h13-15,17-18,21,24,27-30,32-34,36-39H,12,16,19-20,22-23,25-26,44H2,1-11H3,(H,46,52)(H,47,53)/t29-,30+,32-,33-,34-,36-,37-,38-,39+/m0/s1. The zero-order valence-corrected chi connectivity index (χ0v) is 37.1. The first kappa shape index (κ1) is 47.9. The van der Waals surface area contributed by atoms with Gasteiger partial charge in [0.2, 0.25) is 23.6 Å². The van der Waals surface area contributed by atoms with Gasteiger partial charge in [0.25, 0.3) is 0 Å². The van der Waals surface area contributed by atoms with E-state index in [1.807, 2.05) is 87.2 Å². The molecule has 1 aromatic carbocycles. The van der Waals surface area contributed by atoms with Crippen LogP contribution in [0.5, 0.6) is 0 Å². The molecule has 0 bridgehead atoms. The molecule has 9 atom stereocenters. The number of benzene rings is 1. The summed E-state index contributed by atoms with van der Waals surface area (Å²) >= 11 is 1.50. The Bertz CT molecular complexity index is 1530. The average molecular weight is 814 g/mol. The van der Waals surface area contributed by atoms with Crippen LogP contribution in [0.4, 0.5) is 0 Å². The fraction of sp³-hybridized carbons (Fsp3) is 0.698. The number of ether oxygens (including phenoxy) is 2. The molecule has 4 N–H and O–H groups in total. The Kier molecular flexibility index (Phi) is 19.5. The molecule has 2 aromatic rings. The third-order valence-electron chi connectivity index (χ3n) is 11.7. The number of nitrogens with zero attached hydrogens (tertiary/aromatic N) is 4. The molecule has 1 saturated heterocycles. The van der Waals surface area contributed by atoms with Crippen molar-refractivity contribution in [3.8, 4) is 0 Å². The summed E-state index contributed by atoms with van der Waals surface area (Å²) in [5.74, 6) is -1.50. The summed E-state index contributed by atoms with van der Waals surface area (Å²) in [7, 11) is 6.79. The largest absolute Gasteiger partial charge is 0.379 e. The monoisotopic (exact) mass is 814 g/mol. The first-order chi connectivity index (χ1) is 27.1. The van der Waals surface area contributed by atoms with Crippen molar-refractivity contribution < 1.29 is 28.7 Å². The minimum absolute atomic E-state index is 0.00325. The Morgan fingerprint density at radius 3 is 2.21 bits per heavy atom. The minimum Gasteiger partial charge on any atom is -0.379 e. The number of rotatable bonds is 23. The Labute approximate surface area is 345 Å².